The van der Waals surface area contributed by atoms with E-state index in [4.69, 9.17) is 5.73 Å². The van der Waals surface area contributed by atoms with Crippen LogP contribution >= 0.6 is 0 Å². The molecule has 106 valence electrons. The number of hydrogen-bond donors (Lipinski definition) is 2. The van der Waals surface area contributed by atoms with Crippen molar-refractivity contribution in [1.29, 1.82) is 0 Å². The number of H-pyrrole nitrogens is 1. The highest BCUT2D eigenvalue weighted by Gasteiger charge is 2.16. The first-order chi connectivity index (χ1) is 9.97. The summed E-state index contributed by atoms with van der Waals surface area (Å²) in [5.74, 6) is -1.40. The Bertz CT molecular complexity index is 851. The number of halogens is 2. The first-order valence-electron chi connectivity index (χ1n) is 6.35. The zero-order valence-corrected chi connectivity index (χ0v) is 11.2. The predicted molar refractivity (Wildman–Crippen MR) is 76.9 cm³/mol. The topological polar surface area (TPSA) is 58.9 Å². The van der Waals surface area contributed by atoms with Gasteiger partial charge in [0.15, 0.2) is 0 Å². The Hall–Kier alpha value is -2.69. The number of fused-ring (bicyclic) bond motifs is 1. The molecule has 0 spiro atoms. The minimum atomic E-state index is -0.603. The molecule has 5 heteroatoms. The summed E-state index contributed by atoms with van der Waals surface area (Å²) in [6, 6.07) is 8.41. The fraction of sp³-hybridized carbons (Fsp3) is 0.0625. The third-order valence-corrected chi connectivity index (χ3v) is 3.53. The van der Waals surface area contributed by atoms with Crippen molar-refractivity contribution in [3.8, 4) is 11.1 Å². The van der Waals surface area contributed by atoms with Gasteiger partial charge in [-0.3, -0.25) is 4.79 Å². The number of nitrogens with one attached hydrogen (secondary N) is 1. The number of aromatic amines is 1. The van der Waals surface area contributed by atoms with Crippen molar-refractivity contribution in [3.05, 3.63) is 59.3 Å². The van der Waals surface area contributed by atoms with Crippen LogP contribution in [0.15, 0.2) is 36.4 Å². The van der Waals surface area contributed by atoms with Gasteiger partial charge in [-0.25, -0.2) is 8.78 Å². The highest BCUT2D eigenvalue weighted by molar-refractivity contribution is 6.04. The third kappa shape index (κ3) is 2.16. The SMILES string of the molecule is Cc1c(C(N)=O)[nH]c2c(-c3ccc(F)cc3)cc(F)cc12. The standard InChI is InChI=1S/C16H12F2N2O/c1-8-12-6-11(18)7-13(9-2-4-10(17)5-3-9)15(12)20-14(8)16(19)21/h2-7,20H,1H3,(H2,19,21). The number of primary amides is 1. The van der Waals surface area contributed by atoms with Crippen molar-refractivity contribution < 1.29 is 13.6 Å². The summed E-state index contributed by atoms with van der Waals surface area (Å²) in [4.78, 5) is 14.4. The van der Waals surface area contributed by atoms with Gasteiger partial charge in [0, 0.05) is 10.9 Å². The van der Waals surface area contributed by atoms with Crippen LogP contribution in [0.3, 0.4) is 0 Å². The van der Waals surface area contributed by atoms with Crippen molar-refractivity contribution in [2.24, 2.45) is 5.73 Å². The summed E-state index contributed by atoms with van der Waals surface area (Å²) >= 11 is 0. The van der Waals surface area contributed by atoms with Gasteiger partial charge in [-0.1, -0.05) is 12.1 Å². The van der Waals surface area contributed by atoms with Gasteiger partial charge in [-0.2, -0.15) is 0 Å². The maximum absolute atomic E-state index is 13.8. The van der Waals surface area contributed by atoms with Gasteiger partial charge in [-0.05, 0) is 42.3 Å². The number of aryl methyl sites for hydroxylation is 1. The molecule has 1 amide bonds. The van der Waals surface area contributed by atoms with Crippen molar-refractivity contribution in [3.63, 3.8) is 0 Å². The fourth-order valence-electron chi connectivity index (χ4n) is 2.49. The Kier molecular flexibility index (Phi) is 2.97. The second kappa shape index (κ2) is 4.70. The van der Waals surface area contributed by atoms with Gasteiger partial charge in [-0.15, -0.1) is 0 Å². The molecular formula is C16H12F2N2O. The summed E-state index contributed by atoms with van der Waals surface area (Å²) in [6.45, 7) is 1.70. The molecule has 0 aliphatic rings. The first-order valence-corrected chi connectivity index (χ1v) is 6.35. The molecule has 0 saturated carbocycles. The van der Waals surface area contributed by atoms with Crippen molar-refractivity contribution >= 4 is 16.8 Å². The van der Waals surface area contributed by atoms with E-state index in [9.17, 15) is 13.6 Å². The molecule has 2 aromatic carbocycles. The number of hydrogen-bond acceptors (Lipinski definition) is 1. The van der Waals surface area contributed by atoms with Crippen LogP contribution in [0.5, 0.6) is 0 Å². The van der Waals surface area contributed by atoms with Crippen LogP contribution in [0.1, 0.15) is 16.1 Å². The monoisotopic (exact) mass is 286 g/mol. The number of rotatable bonds is 2. The number of amides is 1. The smallest absolute Gasteiger partial charge is 0.265 e. The third-order valence-electron chi connectivity index (χ3n) is 3.53. The minimum Gasteiger partial charge on any atom is -0.364 e. The Balaban J connectivity index is 2.34. The molecule has 1 heterocycles. The van der Waals surface area contributed by atoms with E-state index in [0.29, 0.717) is 27.6 Å². The van der Waals surface area contributed by atoms with Gasteiger partial charge in [0.25, 0.3) is 5.91 Å². The van der Waals surface area contributed by atoms with E-state index < -0.39 is 11.7 Å². The largest absolute Gasteiger partial charge is 0.364 e. The zero-order chi connectivity index (χ0) is 15.1. The van der Waals surface area contributed by atoms with E-state index >= 15 is 0 Å². The lowest BCUT2D eigenvalue weighted by Crippen LogP contribution is -2.12. The normalized spacial score (nSPS) is 11.0. The molecule has 1 aromatic heterocycles. The van der Waals surface area contributed by atoms with Gasteiger partial charge in [0.2, 0.25) is 0 Å². The summed E-state index contributed by atoms with van der Waals surface area (Å²) in [5.41, 5.74) is 7.97. The second-order valence-electron chi connectivity index (χ2n) is 4.87. The summed E-state index contributed by atoms with van der Waals surface area (Å²) in [5, 5.41) is 0.586. The number of carbonyl (C=O) groups is 1. The van der Waals surface area contributed by atoms with Gasteiger partial charge < -0.3 is 10.7 Å². The summed E-state index contributed by atoms with van der Waals surface area (Å²) < 4.78 is 26.9. The van der Waals surface area contributed by atoms with Crippen LogP contribution in [0.2, 0.25) is 0 Å². The van der Waals surface area contributed by atoms with E-state index in [2.05, 4.69) is 4.98 Å². The molecular weight excluding hydrogens is 274 g/mol. The van der Waals surface area contributed by atoms with Crippen LogP contribution < -0.4 is 5.73 Å². The predicted octanol–water partition coefficient (Wildman–Crippen LogP) is 3.52. The quantitative estimate of drug-likeness (QED) is 0.744. The minimum absolute atomic E-state index is 0.249. The van der Waals surface area contributed by atoms with E-state index in [-0.39, 0.29) is 11.5 Å². The molecule has 0 aliphatic carbocycles. The van der Waals surface area contributed by atoms with Crippen LogP contribution in [-0.4, -0.2) is 10.9 Å². The zero-order valence-electron chi connectivity index (χ0n) is 11.2. The number of nitrogens with two attached hydrogens (primary N) is 1. The van der Waals surface area contributed by atoms with E-state index in [1.54, 1.807) is 19.1 Å². The molecule has 0 saturated heterocycles. The Morgan fingerprint density at radius 2 is 1.76 bits per heavy atom. The maximum atomic E-state index is 13.8. The van der Waals surface area contributed by atoms with Crippen LogP contribution in [-0.2, 0) is 0 Å². The number of carbonyl (C=O) groups excluding carboxylic acids is 1. The van der Waals surface area contributed by atoms with E-state index in [1.165, 1.54) is 24.3 Å². The van der Waals surface area contributed by atoms with Crippen molar-refractivity contribution in [2.45, 2.75) is 6.92 Å². The van der Waals surface area contributed by atoms with Gasteiger partial charge in [0.1, 0.15) is 17.3 Å². The van der Waals surface area contributed by atoms with E-state index in [1.807, 2.05) is 0 Å². The van der Waals surface area contributed by atoms with Crippen molar-refractivity contribution in [1.82, 2.24) is 4.98 Å². The van der Waals surface area contributed by atoms with E-state index in [0.717, 1.165) is 0 Å². The van der Waals surface area contributed by atoms with Crippen LogP contribution in [0.4, 0.5) is 8.78 Å². The number of aromatic nitrogens is 1. The number of benzene rings is 2. The van der Waals surface area contributed by atoms with Crippen LogP contribution in [0.25, 0.3) is 22.0 Å². The fourth-order valence-corrected chi connectivity index (χ4v) is 2.49. The van der Waals surface area contributed by atoms with Crippen molar-refractivity contribution in [2.75, 3.05) is 0 Å². The lowest BCUT2D eigenvalue weighted by atomic mass is 10.0. The lowest BCUT2D eigenvalue weighted by Gasteiger charge is -2.05. The molecule has 0 bridgehead atoms. The highest BCUT2D eigenvalue weighted by atomic mass is 19.1. The first kappa shape index (κ1) is 13.3. The molecule has 3 nitrogen and oxygen atoms in total. The molecule has 0 fully saturated rings. The molecule has 21 heavy (non-hydrogen) atoms. The second-order valence-corrected chi connectivity index (χ2v) is 4.87. The van der Waals surface area contributed by atoms with Gasteiger partial charge in [0.05, 0.1) is 5.52 Å². The molecule has 3 rings (SSSR count). The Morgan fingerprint density at radius 1 is 1.10 bits per heavy atom. The summed E-state index contributed by atoms with van der Waals surface area (Å²) in [6.07, 6.45) is 0. The molecule has 0 aliphatic heterocycles. The molecule has 3 aromatic rings. The highest BCUT2D eigenvalue weighted by Crippen LogP contribution is 2.32. The molecule has 0 atom stereocenters. The maximum Gasteiger partial charge on any atom is 0.265 e. The lowest BCUT2D eigenvalue weighted by molar-refractivity contribution is 0.0996. The molecule has 0 unspecified atom stereocenters. The average Bonchev–Trinajstić information content (AvgIpc) is 2.77. The van der Waals surface area contributed by atoms with Gasteiger partial charge >= 0.3 is 0 Å². The Morgan fingerprint density at radius 3 is 2.38 bits per heavy atom. The Labute approximate surface area is 119 Å². The summed E-state index contributed by atoms with van der Waals surface area (Å²) in [7, 11) is 0. The van der Waals surface area contributed by atoms with Crippen LogP contribution in [0, 0.1) is 18.6 Å². The average molecular weight is 286 g/mol. The molecule has 3 N–H and O–H groups in total. The molecule has 0 radical (unpaired) electrons.